The van der Waals surface area contributed by atoms with E-state index in [1.165, 1.54) is 24.3 Å². The number of non-ortho nitro benzene ring substituents is 1. The highest BCUT2D eigenvalue weighted by Crippen LogP contribution is 2.27. The molecule has 19 heavy (non-hydrogen) atoms. The lowest BCUT2D eigenvalue weighted by atomic mass is 9.81. The van der Waals surface area contributed by atoms with Crippen LogP contribution in [0.4, 0.5) is 11.4 Å². The van der Waals surface area contributed by atoms with Crippen LogP contribution < -0.4 is 11.1 Å². The standard InChI is InChI=1S/C13H19N3O3/c1-3-13(4-2,9-14)12(17)15-10-5-7-11(8-6-10)16(18)19/h5-8H,3-4,9,14H2,1-2H3,(H,15,17). The highest BCUT2D eigenvalue weighted by atomic mass is 16.6. The van der Waals surface area contributed by atoms with Gasteiger partial charge in [0.2, 0.25) is 5.91 Å². The highest BCUT2D eigenvalue weighted by Gasteiger charge is 2.33. The fraction of sp³-hybridized carbons (Fsp3) is 0.462. The zero-order chi connectivity index (χ0) is 14.5. The van der Waals surface area contributed by atoms with Gasteiger partial charge < -0.3 is 11.1 Å². The van der Waals surface area contributed by atoms with Crippen LogP contribution in [-0.2, 0) is 4.79 Å². The first kappa shape index (κ1) is 15.1. The molecule has 1 rings (SSSR count). The maximum absolute atomic E-state index is 12.2. The van der Waals surface area contributed by atoms with Crippen molar-refractivity contribution in [1.82, 2.24) is 0 Å². The molecule has 0 spiro atoms. The van der Waals surface area contributed by atoms with Gasteiger partial charge in [-0.15, -0.1) is 0 Å². The van der Waals surface area contributed by atoms with E-state index in [9.17, 15) is 14.9 Å². The smallest absolute Gasteiger partial charge is 0.269 e. The fourth-order valence-electron chi connectivity index (χ4n) is 1.88. The molecule has 0 aromatic heterocycles. The predicted octanol–water partition coefficient (Wildman–Crippen LogP) is 2.30. The zero-order valence-corrected chi connectivity index (χ0v) is 11.2. The lowest BCUT2D eigenvalue weighted by Crippen LogP contribution is -2.41. The third-order valence-electron chi connectivity index (χ3n) is 3.56. The van der Waals surface area contributed by atoms with Crippen molar-refractivity contribution in [2.45, 2.75) is 26.7 Å². The Bertz CT molecular complexity index is 444. The van der Waals surface area contributed by atoms with E-state index in [1.54, 1.807) is 0 Å². The van der Waals surface area contributed by atoms with Crippen LogP contribution in [0.5, 0.6) is 0 Å². The molecule has 0 unspecified atom stereocenters. The Morgan fingerprint density at radius 2 is 1.84 bits per heavy atom. The van der Waals surface area contributed by atoms with Crippen LogP contribution in [0, 0.1) is 15.5 Å². The van der Waals surface area contributed by atoms with Gasteiger partial charge in [-0.1, -0.05) is 13.8 Å². The van der Waals surface area contributed by atoms with E-state index in [0.29, 0.717) is 18.5 Å². The number of carbonyl (C=O) groups is 1. The number of nitro groups is 1. The minimum Gasteiger partial charge on any atom is -0.329 e. The second-order valence-corrected chi connectivity index (χ2v) is 4.45. The van der Waals surface area contributed by atoms with E-state index in [4.69, 9.17) is 5.73 Å². The van der Waals surface area contributed by atoms with Gasteiger partial charge in [0.25, 0.3) is 5.69 Å². The topological polar surface area (TPSA) is 98.3 Å². The summed E-state index contributed by atoms with van der Waals surface area (Å²) in [7, 11) is 0. The molecule has 6 nitrogen and oxygen atoms in total. The van der Waals surface area contributed by atoms with Crippen LogP contribution in [0.15, 0.2) is 24.3 Å². The second-order valence-electron chi connectivity index (χ2n) is 4.45. The number of anilines is 1. The van der Waals surface area contributed by atoms with Crippen molar-refractivity contribution in [3.8, 4) is 0 Å². The molecule has 0 radical (unpaired) electrons. The summed E-state index contributed by atoms with van der Waals surface area (Å²) in [5.74, 6) is -0.145. The molecular formula is C13H19N3O3. The SMILES string of the molecule is CCC(CC)(CN)C(=O)Nc1ccc([N+](=O)[O-])cc1. The van der Waals surface area contributed by atoms with E-state index >= 15 is 0 Å². The summed E-state index contributed by atoms with van der Waals surface area (Å²) in [5, 5.41) is 13.3. The van der Waals surface area contributed by atoms with Crippen molar-refractivity contribution in [2.75, 3.05) is 11.9 Å². The van der Waals surface area contributed by atoms with Crippen molar-refractivity contribution >= 4 is 17.3 Å². The van der Waals surface area contributed by atoms with Crippen molar-refractivity contribution in [1.29, 1.82) is 0 Å². The third kappa shape index (κ3) is 3.29. The van der Waals surface area contributed by atoms with Gasteiger partial charge in [0.15, 0.2) is 0 Å². The summed E-state index contributed by atoms with van der Waals surface area (Å²) >= 11 is 0. The van der Waals surface area contributed by atoms with Gasteiger partial charge in [-0.25, -0.2) is 0 Å². The molecule has 1 aromatic carbocycles. The molecule has 3 N–H and O–H groups in total. The largest absolute Gasteiger partial charge is 0.329 e. The molecule has 0 aliphatic heterocycles. The number of nitrogens with zero attached hydrogens (tertiary/aromatic N) is 1. The third-order valence-corrected chi connectivity index (χ3v) is 3.56. The molecule has 0 atom stereocenters. The Morgan fingerprint density at radius 3 is 2.21 bits per heavy atom. The minimum absolute atomic E-state index is 0.00549. The fourth-order valence-corrected chi connectivity index (χ4v) is 1.88. The summed E-state index contributed by atoms with van der Waals surface area (Å²) in [5.41, 5.74) is 5.65. The molecule has 6 heteroatoms. The number of hydrogen-bond acceptors (Lipinski definition) is 4. The van der Waals surface area contributed by atoms with Crippen LogP contribution in [-0.4, -0.2) is 17.4 Å². The van der Waals surface area contributed by atoms with Gasteiger partial charge in [-0.2, -0.15) is 0 Å². The first-order valence-electron chi connectivity index (χ1n) is 6.25. The van der Waals surface area contributed by atoms with E-state index in [2.05, 4.69) is 5.32 Å². The molecule has 0 saturated carbocycles. The normalized spacial score (nSPS) is 11.1. The Labute approximate surface area is 112 Å². The van der Waals surface area contributed by atoms with Crippen LogP contribution in [0.25, 0.3) is 0 Å². The van der Waals surface area contributed by atoms with Gasteiger partial charge in [0.05, 0.1) is 10.3 Å². The van der Waals surface area contributed by atoms with E-state index in [-0.39, 0.29) is 18.1 Å². The van der Waals surface area contributed by atoms with Gasteiger partial charge in [0.1, 0.15) is 0 Å². The van der Waals surface area contributed by atoms with E-state index < -0.39 is 10.3 Å². The number of carbonyl (C=O) groups excluding carboxylic acids is 1. The molecule has 1 amide bonds. The molecule has 0 heterocycles. The summed E-state index contributed by atoms with van der Waals surface area (Å²) in [4.78, 5) is 22.3. The lowest BCUT2D eigenvalue weighted by Gasteiger charge is -2.28. The molecule has 104 valence electrons. The Kier molecular flexibility index (Phi) is 5.00. The number of nitro benzene ring substituents is 1. The Balaban J connectivity index is 2.84. The molecule has 1 aromatic rings. The summed E-state index contributed by atoms with van der Waals surface area (Å²) < 4.78 is 0. The number of rotatable bonds is 6. The van der Waals surface area contributed by atoms with Gasteiger partial charge in [0, 0.05) is 24.4 Å². The van der Waals surface area contributed by atoms with E-state index in [1.807, 2.05) is 13.8 Å². The Morgan fingerprint density at radius 1 is 1.32 bits per heavy atom. The number of amides is 1. The van der Waals surface area contributed by atoms with Crippen LogP contribution in [0.3, 0.4) is 0 Å². The van der Waals surface area contributed by atoms with Crippen LogP contribution in [0.1, 0.15) is 26.7 Å². The molecule has 0 aliphatic rings. The first-order valence-corrected chi connectivity index (χ1v) is 6.25. The molecular weight excluding hydrogens is 246 g/mol. The minimum atomic E-state index is -0.582. The van der Waals surface area contributed by atoms with Gasteiger partial charge >= 0.3 is 0 Å². The average Bonchev–Trinajstić information content (AvgIpc) is 2.42. The highest BCUT2D eigenvalue weighted by molar-refractivity contribution is 5.95. The first-order chi connectivity index (χ1) is 8.99. The molecule has 0 aliphatic carbocycles. The van der Waals surface area contributed by atoms with Crippen molar-refractivity contribution in [2.24, 2.45) is 11.1 Å². The molecule has 0 fully saturated rings. The van der Waals surface area contributed by atoms with E-state index in [0.717, 1.165) is 0 Å². The van der Waals surface area contributed by atoms with Crippen LogP contribution >= 0.6 is 0 Å². The number of hydrogen-bond donors (Lipinski definition) is 2. The summed E-state index contributed by atoms with van der Waals surface area (Å²) in [6, 6.07) is 5.75. The zero-order valence-electron chi connectivity index (χ0n) is 11.2. The lowest BCUT2D eigenvalue weighted by molar-refractivity contribution is -0.384. The number of nitrogens with two attached hydrogens (primary N) is 1. The number of benzene rings is 1. The molecule has 0 saturated heterocycles. The number of nitrogens with one attached hydrogen (secondary N) is 1. The maximum Gasteiger partial charge on any atom is 0.269 e. The Hall–Kier alpha value is -1.95. The van der Waals surface area contributed by atoms with Crippen LogP contribution in [0.2, 0.25) is 0 Å². The molecule has 0 bridgehead atoms. The summed E-state index contributed by atoms with van der Waals surface area (Å²) in [6.07, 6.45) is 1.30. The van der Waals surface area contributed by atoms with Gasteiger partial charge in [-0.05, 0) is 25.0 Å². The second kappa shape index (κ2) is 6.29. The van der Waals surface area contributed by atoms with Crippen molar-refractivity contribution in [3.05, 3.63) is 34.4 Å². The van der Waals surface area contributed by atoms with Crippen molar-refractivity contribution < 1.29 is 9.72 Å². The maximum atomic E-state index is 12.2. The van der Waals surface area contributed by atoms with Gasteiger partial charge in [-0.3, -0.25) is 14.9 Å². The monoisotopic (exact) mass is 265 g/mol. The summed E-state index contributed by atoms with van der Waals surface area (Å²) in [6.45, 7) is 4.12. The quantitative estimate of drug-likeness (QED) is 0.609. The van der Waals surface area contributed by atoms with Crippen molar-refractivity contribution in [3.63, 3.8) is 0 Å². The average molecular weight is 265 g/mol. The predicted molar refractivity (Wildman–Crippen MR) is 73.8 cm³/mol.